The van der Waals surface area contributed by atoms with Crippen LogP contribution in [0.4, 0.5) is 0 Å². The van der Waals surface area contributed by atoms with Gasteiger partial charge in [0.05, 0.1) is 5.69 Å². The summed E-state index contributed by atoms with van der Waals surface area (Å²) in [4.78, 5) is 11.9. The number of aromatic nitrogens is 2. The predicted octanol–water partition coefficient (Wildman–Crippen LogP) is 2.77. The number of benzene rings is 1. The normalized spacial score (nSPS) is 11.8. The lowest BCUT2D eigenvalue weighted by molar-refractivity contribution is 0.585. The second-order valence-corrected chi connectivity index (χ2v) is 5.44. The first-order valence-corrected chi connectivity index (χ1v) is 5.77. The van der Waals surface area contributed by atoms with Gasteiger partial charge in [-0.05, 0) is 24.5 Å². The molecule has 1 heterocycles. The molecule has 2 aromatic rings. The topological polar surface area (TPSA) is 37.8 Å². The van der Waals surface area contributed by atoms with Crippen molar-refractivity contribution in [3.63, 3.8) is 0 Å². The van der Waals surface area contributed by atoms with E-state index in [0.29, 0.717) is 0 Å². The van der Waals surface area contributed by atoms with E-state index < -0.39 is 0 Å². The summed E-state index contributed by atoms with van der Waals surface area (Å²) in [6.07, 6.45) is 1.88. The minimum absolute atomic E-state index is 0.0157. The third-order valence-corrected chi connectivity index (χ3v) is 2.84. The smallest absolute Gasteiger partial charge is 0.268 e. The molecule has 0 fully saturated rings. The second-order valence-electron chi connectivity index (χ2n) is 5.44. The van der Waals surface area contributed by atoms with Crippen molar-refractivity contribution in [2.75, 3.05) is 0 Å². The lowest BCUT2D eigenvalue weighted by Crippen LogP contribution is -2.20. The second kappa shape index (κ2) is 3.91. The van der Waals surface area contributed by atoms with E-state index in [1.807, 2.05) is 58.2 Å². The number of hydrogen-bond acceptors (Lipinski definition) is 1. The van der Waals surface area contributed by atoms with E-state index in [0.717, 1.165) is 11.3 Å². The van der Waals surface area contributed by atoms with Crippen molar-refractivity contribution in [2.24, 2.45) is 0 Å². The molecule has 1 aromatic heterocycles. The molecule has 0 bridgehead atoms. The molecule has 0 unspecified atom stereocenters. The Morgan fingerprint density at radius 3 is 2.18 bits per heavy atom. The van der Waals surface area contributed by atoms with Crippen LogP contribution in [-0.2, 0) is 5.41 Å². The van der Waals surface area contributed by atoms with E-state index in [9.17, 15) is 4.79 Å². The molecule has 0 radical (unpaired) electrons. The molecule has 0 saturated heterocycles. The fraction of sp³-hybridized carbons (Fsp3) is 0.357. The Balaban J connectivity index is 2.49. The summed E-state index contributed by atoms with van der Waals surface area (Å²) in [6.45, 7) is 8.16. The van der Waals surface area contributed by atoms with Gasteiger partial charge in [0, 0.05) is 11.8 Å². The summed E-state index contributed by atoms with van der Waals surface area (Å²) in [5.41, 5.74) is 2.84. The maximum atomic E-state index is 11.9. The van der Waals surface area contributed by atoms with Crippen LogP contribution in [0, 0.1) is 6.92 Å². The van der Waals surface area contributed by atoms with Gasteiger partial charge in [0.1, 0.15) is 0 Å². The van der Waals surface area contributed by atoms with Gasteiger partial charge in [-0.25, -0.2) is 0 Å². The zero-order valence-electron chi connectivity index (χ0n) is 10.7. The molecule has 0 amide bonds. The van der Waals surface area contributed by atoms with Gasteiger partial charge < -0.3 is 0 Å². The Morgan fingerprint density at radius 2 is 1.71 bits per heavy atom. The number of rotatable bonds is 1. The van der Waals surface area contributed by atoms with E-state index in [1.165, 1.54) is 5.56 Å². The first-order valence-electron chi connectivity index (χ1n) is 5.77. The van der Waals surface area contributed by atoms with Crippen molar-refractivity contribution >= 4 is 0 Å². The quantitative estimate of drug-likeness (QED) is 0.803. The van der Waals surface area contributed by atoms with Crippen LogP contribution in [0.25, 0.3) is 5.69 Å². The first-order chi connectivity index (χ1) is 7.88. The maximum Gasteiger partial charge on any atom is 0.268 e. The van der Waals surface area contributed by atoms with Crippen LogP contribution in [0.5, 0.6) is 0 Å². The van der Waals surface area contributed by atoms with Crippen molar-refractivity contribution in [1.29, 1.82) is 0 Å². The molecular weight excluding hydrogens is 212 g/mol. The van der Waals surface area contributed by atoms with E-state index in [2.05, 4.69) is 5.10 Å². The van der Waals surface area contributed by atoms with Gasteiger partial charge in [0.25, 0.3) is 5.56 Å². The monoisotopic (exact) mass is 230 g/mol. The third-order valence-electron chi connectivity index (χ3n) is 2.84. The summed E-state index contributed by atoms with van der Waals surface area (Å²) >= 11 is 0. The number of aromatic amines is 1. The standard InChI is InChI=1S/C14H18N2O/c1-10-5-7-11(8-6-10)16-9-12(13(17)15-16)14(2,3)4/h5-9H,1-4H3,(H,15,17). The average Bonchev–Trinajstić information content (AvgIpc) is 2.61. The zero-order valence-corrected chi connectivity index (χ0v) is 10.7. The van der Waals surface area contributed by atoms with Crippen LogP contribution in [0.2, 0.25) is 0 Å². The van der Waals surface area contributed by atoms with Crippen LogP contribution in [0.1, 0.15) is 31.9 Å². The molecule has 3 heteroatoms. The average molecular weight is 230 g/mol. The highest BCUT2D eigenvalue weighted by molar-refractivity contribution is 5.34. The van der Waals surface area contributed by atoms with E-state index in [-0.39, 0.29) is 11.0 Å². The van der Waals surface area contributed by atoms with Crippen LogP contribution in [0.3, 0.4) is 0 Å². The molecule has 90 valence electrons. The summed E-state index contributed by atoms with van der Waals surface area (Å²) in [6, 6.07) is 8.06. The zero-order chi connectivity index (χ0) is 12.6. The summed E-state index contributed by atoms with van der Waals surface area (Å²) in [7, 11) is 0. The Labute approximate surface area is 101 Å². The Morgan fingerprint density at radius 1 is 1.12 bits per heavy atom. The maximum absolute atomic E-state index is 11.9. The highest BCUT2D eigenvalue weighted by Gasteiger charge is 2.19. The minimum Gasteiger partial charge on any atom is -0.268 e. The molecule has 0 aliphatic heterocycles. The number of nitrogens with zero attached hydrogens (tertiary/aromatic N) is 1. The van der Waals surface area contributed by atoms with Crippen LogP contribution in [0.15, 0.2) is 35.3 Å². The SMILES string of the molecule is Cc1ccc(-n2cc(C(C)(C)C)c(=O)[nH]2)cc1. The number of nitrogens with one attached hydrogen (secondary N) is 1. The van der Waals surface area contributed by atoms with Crippen molar-refractivity contribution in [3.8, 4) is 5.69 Å². The van der Waals surface area contributed by atoms with Crippen molar-refractivity contribution in [1.82, 2.24) is 9.78 Å². The van der Waals surface area contributed by atoms with Gasteiger partial charge in [-0.2, -0.15) is 0 Å². The van der Waals surface area contributed by atoms with Crippen molar-refractivity contribution < 1.29 is 0 Å². The lowest BCUT2D eigenvalue weighted by Gasteiger charge is -2.14. The van der Waals surface area contributed by atoms with E-state index >= 15 is 0 Å². The molecular formula is C14H18N2O. The predicted molar refractivity (Wildman–Crippen MR) is 69.8 cm³/mol. The molecule has 0 saturated carbocycles. The molecule has 0 aliphatic rings. The van der Waals surface area contributed by atoms with E-state index in [4.69, 9.17) is 0 Å². The van der Waals surface area contributed by atoms with Gasteiger partial charge in [-0.15, -0.1) is 0 Å². The molecule has 0 aliphatic carbocycles. The largest absolute Gasteiger partial charge is 0.268 e. The fourth-order valence-electron chi connectivity index (χ4n) is 1.77. The molecule has 0 spiro atoms. The Kier molecular flexibility index (Phi) is 2.69. The van der Waals surface area contributed by atoms with Crippen molar-refractivity contribution in [2.45, 2.75) is 33.1 Å². The van der Waals surface area contributed by atoms with Crippen LogP contribution < -0.4 is 5.56 Å². The summed E-state index contributed by atoms with van der Waals surface area (Å²) in [5.74, 6) is 0. The van der Waals surface area contributed by atoms with Crippen molar-refractivity contribution in [3.05, 3.63) is 51.9 Å². The summed E-state index contributed by atoms with van der Waals surface area (Å²) < 4.78 is 1.78. The molecule has 3 nitrogen and oxygen atoms in total. The Bertz CT molecular complexity index is 568. The highest BCUT2D eigenvalue weighted by Crippen LogP contribution is 2.19. The fourth-order valence-corrected chi connectivity index (χ4v) is 1.77. The third kappa shape index (κ3) is 2.33. The van der Waals surface area contributed by atoms with Gasteiger partial charge in [0.15, 0.2) is 0 Å². The number of hydrogen-bond donors (Lipinski definition) is 1. The van der Waals surface area contributed by atoms with E-state index in [1.54, 1.807) is 4.68 Å². The molecule has 17 heavy (non-hydrogen) atoms. The summed E-state index contributed by atoms with van der Waals surface area (Å²) in [5, 5.41) is 2.85. The van der Waals surface area contributed by atoms with Gasteiger partial charge in [-0.3, -0.25) is 14.6 Å². The lowest BCUT2D eigenvalue weighted by atomic mass is 9.89. The highest BCUT2D eigenvalue weighted by atomic mass is 16.1. The molecule has 0 atom stereocenters. The van der Waals surface area contributed by atoms with Crippen LogP contribution in [-0.4, -0.2) is 9.78 Å². The van der Waals surface area contributed by atoms with Gasteiger partial charge >= 0.3 is 0 Å². The van der Waals surface area contributed by atoms with Crippen LogP contribution >= 0.6 is 0 Å². The molecule has 1 N–H and O–H groups in total. The van der Waals surface area contributed by atoms with Gasteiger partial charge in [0.2, 0.25) is 0 Å². The number of H-pyrrole nitrogens is 1. The van der Waals surface area contributed by atoms with Gasteiger partial charge in [-0.1, -0.05) is 38.5 Å². The number of aryl methyl sites for hydroxylation is 1. The molecule has 1 aromatic carbocycles. The minimum atomic E-state index is -0.135. The Hall–Kier alpha value is -1.77. The molecule has 2 rings (SSSR count). The first kappa shape index (κ1) is 11.7.